The molecule has 4 rings (SSSR count). The summed E-state index contributed by atoms with van der Waals surface area (Å²) in [6.07, 6.45) is 1.03. The number of ether oxygens (including phenoxy) is 2. The van der Waals surface area contributed by atoms with Gasteiger partial charge in [0.1, 0.15) is 23.5 Å². The Hall–Kier alpha value is -2.48. The average molecular weight is 678 g/mol. The van der Waals surface area contributed by atoms with Gasteiger partial charge in [-0.3, -0.25) is 13.8 Å². The van der Waals surface area contributed by atoms with Crippen LogP contribution in [-0.2, 0) is 40.0 Å². The second-order valence-corrected chi connectivity index (χ2v) is 16.2. The van der Waals surface area contributed by atoms with E-state index in [1.165, 1.54) is 23.5 Å². The van der Waals surface area contributed by atoms with Crippen LogP contribution in [0, 0.1) is 24.2 Å². The SMILES string of the molecule is C/C(=C\c1csc(COS(=O)(=O)c2ccc(C)cc2)n1)[C@@H]1C[C@@H]2O[C@]2(C)CCC[C@H](C)[C@H](O)[C@@H](C)C(=O)C(C)(C)[C@@H](O)CC(=O)O1. The first-order valence-electron chi connectivity index (χ1n) is 15.8. The summed E-state index contributed by atoms with van der Waals surface area (Å²) in [4.78, 5) is 31.1. The molecule has 2 aliphatic heterocycles. The maximum absolute atomic E-state index is 13.4. The maximum Gasteiger partial charge on any atom is 0.309 e. The first kappa shape index (κ1) is 36.4. The van der Waals surface area contributed by atoms with Crippen molar-refractivity contribution in [3.63, 3.8) is 0 Å². The lowest BCUT2D eigenvalue weighted by atomic mass is 9.73. The number of thiazole rings is 1. The van der Waals surface area contributed by atoms with Gasteiger partial charge in [0.25, 0.3) is 10.1 Å². The van der Waals surface area contributed by atoms with E-state index in [0.29, 0.717) is 29.1 Å². The maximum atomic E-state index is 13.4. The number of cyclic esters (lactones) is 1. The van der Waals surface area contributed by atoms with E-state index >= 15 is 0 Å². The van der Waals surface area contributed by atoms with E-state index in [2.05, 4.69) is 4.98 Å². The molecule has 254 valence electrons. The minimum absolute atomic E-state index is 0.0706. The Morgan fingerprint density at radius 1 is 1.15 bits per heavy atom. The molecule has 0 saturated carbocycles. The molecule has 2 aliphatic rings. The molecule has 7 atom stereocenters. The van der Waals surface area contributed by atoms with E-state index in [1.807, 2.05) is 27.7 Å². The first-order valence-corrected chi connectivity index (χ1v) is 18.1. The van der Waals surface area contributed by atoms with Crippen LogP contribution in [0.4, 0.5) is 0 Å². The summed E-state index contributed by atoms with van der Waals surface area (Å²) in [7, 11) is -3.95. The van der Waals surface area contributed by atoms with Gasteiger partial charge in [0.15, 0.2) is 0 Å². The Balaban J connectivity index is 1.50. The molecule has 1 aromatic carbocycles. The molecular formula is C34H47NO9S2. The molecule has 12 heteroatoms. The van der Waals surface area contributed by atoms with E-state index in [4.69, 9.17) is 13.7 Å². The van der Waals surface area contributed by atoms with Crippen molar-refractivity contribution >= 4 is 39.3 Å². The van der Waals surface area contributed by atoms with Crippen molar-refractivity contribution in [3.8, 4) is 0 Å². The third-order valence-corrected chi connectivity index (χ3v) is 11.6. The summed E-state index contributed by atoms with van der Waals surface area (Å²) in [5.74, 6) is -1.80. The summed E-state index contributed by atoms with van der Waals surface area (Å²) in [5, 5.41) is 24.1. The molecule has 0 radical (unpaired) electrons. The summed E-state index contributed by atoms with van der Waals surface area (Å²) in [6.45, 7) is 12.3. The van der Waals surface area contributed by atoms with E-state index in [-0.39, 0.29) is 29.3 Å². The Morgan fingerprint density at radius 2 is 1.83 bits per heavy atom. The van der Waals surface area contributed by atoms with E-state index in [0.717, 1.165) is 18.4 Å². The number of carbonyl (C=O) groups excluding carboxylic acids is 2. The number of ketones is 1. The highest BCUT2D eigenvalue weighted by atomic mass is 32.2. The fourth-order valence-electron chi connectivity index (χ4n) is 5.98. The topological polar surface area (TPSA) is 153 Å². The standard InChI is InChI=1S/C34H47NO9S2/c1-20-10-12-25(13-11-20)46(40,41)42-18-29-35-24(19-45-29)15-22(3)26-16-28-34(7,44-28)14-8-9-21(2)31(38)23(4)32(39)33(5,6)27(36)17-30(37)43-26/h10-13,15,19,21,23,26-28,31,36,38H,8-9,14,16-18H2,1-7H3/b22-15+/t21-,23+,26-,27-,28-,31-,34+/m0/s1. The highest BCUT2D eigenvalue weighted by molar-refractivity contribution is 7.86. The van der Waals surface area contributed by atoms with E-state index in [9.17, 15) is 28.2 Å². The molecule has 0 aliphatic carbocycles. The summed E-state index contributed by atoms with van der Waals surface area (Å²) in [6, 6.07) is 6.40. The van der Waals surface area contributed by atoms with Gasteiger partial charge in [-0.1, -0.05) is 51.8 Å². The van der Waals surface area contributed by atoms with Gasteiger partial charge in [0.2, 0.25) is 0 Å². The Labute approximate surface area is 276 Å². The number of fused-ring (bicyclic) bond motifs is 1. The molecule has 0 spiro atoms. The molecule has 2 fully saturated rings. The number of esters is 1. The molecule has 2 aromatic rings. The van der Waals surface area contributed by atoms with Gasteiger partial charge in [-0.05, 0) is 63.3 Å². The van der Waals surface area contributed by atoms with Crippen molar-refractivity contribution in [1.29, 1.82) is 0 Å². The largest absolute Gasteiger partial charge is 0.458 e. The van der Waals surface area contributed by atoms with Gasteiger partial charge in [0, 0.05) is 17.7 Å². The van der Waals surface area contributed by atoms with Gasteiger partial charge in [-0.15, -0.1) is 11.3 Å². The van der Waals surface area contributed by atoms with Crippen LogP contribution >= 0.6 is 11.3 Å². The minimum Gasteiger partial charge on any atom is -0.458 e. The Bertz CT molecular complexity index is 1530. The zero-order chi connectivity index (χ0) is 34.0. The molecule has 2 saturated heterocycles. The average Bonchev–Trinajstić information content (AvgIpc) is 3.40. The van der Waals surface area contributed by atoms with Crippen molar-refractivity contribution < 1.29 is 41.9 Å². The first-order chi connectivity index (χ1) is 21.4. The summed E-state index contributed by atoms with van der Waals surface area (Å²) < 4.78 is 42.4. The number of aromatic nitrogens is 1. The van der Waals surface area contributed by atoms with Gasteiger partial charge in [0.05, 0.1) is 46.3 Å². The van der Waals surface area contributed by atoms with Gasteiger partial charge in [-0.2, -0.15) is 8.42 Å². The number of aliphatic hydroxyl groups is 2. The highest BCUT2D eigenvalue weighted by Gasteiger charge is 2.53. The number of benzene rings is 1. The lowest BCUT2D eigenvalue weighted by Gasteiger charge is -2.34. The van der Waals surface area contributed by atoms with Crippen LogP contribution in [0.1, 0.15) is 89.9 Å². The predicted molar refractivity (Wildman–Crippen MR) is 174 cm³/mol. The molecule has 2 N–H and O–H groups in total. The monoisotopic (exact) mass is 677 g/mol. The quantitative estimate of drug-likeness (QED) is 0.231. The number of hydrogen-bond acceptors (Lipinski definition) is 11. The van der Waals surface area contributed by atoms with E-state index in [1.54, 1.807) is 44.4 Å². The number of nitrogens with zero attached hydrogens (tertiary/aromatic N) is 1. The second kappa shape index (κ2) is 14.3. The summed E-state index contributed by atoms with van der Waals surface area (Å²) in [5.41, 5.74) is 0.523. The molecule has 0 unspecified atom stereocenters. The lowest BCUT2D eigenvalue weighted by Crippen LogP contribution is -2.45. The van der Waals surface area contributed by atoms with Crippen LogP contribution in [0.25, 0.3) is 6.08 Å². The molecule has 1 aromatic heterocycles. The normalized spacial score (nSPS) is 31.6. The van der Waals surface area contributed by atoms with Crippen LogP contribution < -0.4 is 0 Å². The number of rotatable bonds is 6. The van der Waals surface area contributed by atoms with Crippen molar-refractivity contribution in [2.75, 3.05) is 0 Å². The number of aliphatic hydroxyl groups excluding tert-OH is 2. The molecule has 10 nitrogen and oxygen atoms in total. The fraction of sp³-hybridized carbons (Fsp3) is 0.618. The smallest absolute Gasteiger partial charge is 0.309 e. The molecule has 3 heterocycles. The van der Waals surface area contributed by atoms with Crippen LogP contribution in [-0.4, -0.2) is 65.4 Å². The number of aryl methyl sites for hydroxylation is 1. The van der Waals surface area contributed by atoms with Crippen molar-refractivity contribution in [1.82, 2.24) is 4.98 Å². The van der Waals surface area contributed by atoms with Gasteiger partial charge >= 0.3 is 5.97 Å². The van der Waals surface area contributed by atoms with Gasteiger partial charge in [-0.25, -0.2) is 4.98 Å². The zero-order valence-electron chi connectivity index (χ0n) is 27.7. The third kappa shape index (κ3) is 8.70. The van der Waals surface area contributed by atoms with Gasteiger partial charge < -0.3 is 19.7 Å². The van der Waals surface area contributed by atoms with Crippen LogP contribution in [0.3, 0.4) is 0 Å². The second-order valence-electron chi connectivity index (χ2n) is 13.7. The molecule has 0 bridgehead atoms. The van der Waals surface area contributed by atoms with Crippen LogP contribution in [0.2, 0.25) is 0 Å². The van der Waals surface area contributed by atoms with Crippen LogP contribution in [0.15, 0.2) is 40.1 Å². The number of epoxide rings is 1. The fourth-order valence-corrected chi connectivity index (χ4v) is 7.59. The van der Waals surface area contributed by atoms with Crippen molar-refractivity contribution in [2.24, 2.45) is 17.3 Å². The lowest BCUT2D eigenvalue weighted by molar-refractivity contribution is -0.154. The highest BCUT2D eigenvalue weighted by Crippen LogP contribution is 2.45. The third-order valence-electron chi connectivity index (χ3n) is 9.51. The van der Waals surface area contributed by atoms with Crippen LogP contribution in [0.5, 0.6) is 0 Å². The molecular weight excluding hydrogens is 631 g/mol. The Kier molecular flexibility index (Phi) is 11.3. The summed E-state index contributed by atoms with van der Waals surface area (Å²) >= 11 is 1.25. The molecule has 0 amide bonds. The number of hydrogen-bond donors (Lipinski definition) is 2. The Morgan fingerprint density at radius 3 is 2.50 bits per heavy atom. The van der Waals surface area contributed by atoms with Crippen molar-refractivity contribution in [2.45, 2.75) is 122 Å². The predicted octanol–water partition coefficient (Wildman–Crippen LogP) is 5.38. The zero-order valence-corrected chi connectivity index (χ0v) is 29.3. The number of Topliss-reactive ketones (excluding diaryl/α,β-unsaturated/α-hetero) is 1. The van der Waals surface area contributed by atoms with Crippen molar-refractivity contribution in [3.05, 3.63) is 51.5 Å². The number of carbonyl (C=O) groups is 2. The minimum atomic E-state index is -3.95. The molecule has 46 heavy (non-hydrogen) atoms. The van der Waals surface area contributed by atoms with E-state index < -0.39 is 57.8 Å².